The lowest BCUT2D eigenvalue weighted by atomic mass is 10.2. The standard InChI is InChI=1S/C27H25N3O6S/c31-15-20-11-12-28-21-13-23(37-24(20)21)25(32)29-14-22(26(33)35-16-18-7-3-1-4-8-18)30-27(34)36-17-19-9-5-2-6-10-19/h1-13,22,31H,14-17H2,(H,29,32)(H,30,34). The van der Waals surface area contributed by atoms with Crippen molar-refractivity contribution in [3.8, 4) is 0 Å². The van der Waals surface area contributed by atoms with Crippen LogP contribution in [0.25, 0.3) is 10.2 Å². The molecule has 0 bridgehead atoms. The molecule has 4 rings (SSSR count). The molecule has 0 fully saturated rings. The van der Waals surface area contributed by atoms with Gasteiger partial charge in [0.05, 0.1) is 21.7 Å². The number of hydrogen-bond donors (Lipinski definition) is 3. The number of esters is 1. The number of nitrogens with zero attached hydrogens (tertiary/aromatic N) is 1. The summed E-state index contributed by atoms with van der Waals surface area (Å²) < 4.78 is 11.3. The fourth-order valence-corrected chi connectivity index (χ4v) is 4.47. The van der Waals surface area contributed by atoms with Crippen molar-refractivity contribution in [1.29, 1.82) is 0 Å². The normalized spacial score (nSPS) is 11.5. The van der Waals surface area contributed by atoms with Crippen LogP contribution < -0.4 is 10.6 Å². The molecule has 0 radical (unpaired) electrons. The molecule has 2 heterocycles. The molecular formula is C27H25N3O6S. The summed E-state index contributed by atoms with van der Waals surface area (Å²) in [6, 6.07) is 20.3. The number of carbonyl (C=O) groups is 3. The van der Waals surface area contributed by atoms with Gasteiger partial charge in [0.2, 0.25) is 0 Å². The Labute approximate surface area is 217 Å². The number of carbonyl (C=O) groups excluding carboxylic acids is 3. The Balaban J connectivity index is 1.40. The first-order valence-corrected chi connectivity index (χ1v) is 12.3. The molecule has 1 unspecified atom stereocenters. The number of aliphatic hydroxyl groups is 1. The zero-order valence-electron chi connectivity index (χ0n) is 19.8. The predicted molar refractivity (Wildman–Crippen MR) is 138 cm³/mol. The van der Waals surface area contributed by atoms with Gasteiger partial charge in [0.15, 0.2) is 0 Å². The number of nitrogens with one attached hydrogen (secondary N) is 2. The average Bonchev–Trinajstić information content (AvgIpc) is 3.38. The Morgan fingerprint density at radius 3 is 2.22 bits per heavy atom. The molecule has 0 aliphatic rings. The van der Waals surface area contributed by atoms with E-state index in [4.69, 9.17) is 9.47 Å². The second-order valence-electron chi connectivity index (χ2n) is 8.02. The highest BCUT2D eigenvalue weighted by atomic mass is 32.1. The maximum absolute atomic E-state index is 12.8. The number of fused-ring (bicyclic) bond motifs is 1. The fourth-order valence-electron chi connectivity index (χ4n) is 3.44. The number of aromatic nitrogens is 1. The highest BCUT2D eigenvalue weighted by molar-refractivity contribution is 7.21. The molecular weight excluding hydrogens is 494 g/mol. The van der Waals surface area contributed by atoms with Gasteiger partial charge in [-0.1, -0.05) is 60.7 Å². The molecule has 1 atom stereocenters. The van der Waals surface area contributed by atoms with Crippen LogP contribution in [0.3, 0.4) is 0 Å². The van der Waals surface area contributed by atoms with Gasteiger partial charge in [0.1, 0.15) is 19.3 Å². The maximum Gasteiger partial charge on any atom is 0.408 e. The summed E-state index contributed by atoms with van der Waals surface area (Å²) in [5.41, 5.74) is 2.82. The smallest absolute Gasteiger partial charge is 0.408 e. The van der Waals surface area contributed by atoms with E-state index in [0.29, 0.717) is 20.7 Å². The Kier molecular flexibility index (Phi) is 8.79. The Bertz CT molecular complexity index is 1360. The molecule has 3 N–H and O–H groups in total. The zero-order valence-corrected chi connectivity index (χ0v) is 20.6. The largest absolute Gasteiger partial charge is 0.459 e. The minimum Gasteiger partial charge on any atom is -0.459 e. The summed E-state index contributed by atoms with van der Waals surface area (Å²) >= 11 is 1.18. The SMILES string of the molecule is O=C(NC(CNC(=O)c1cc2nccc(CO)c2s1)C(=O)OCc1ccccc1)OCc1ccccc1. The number of amides is 2. The molecule has 0 saturated heterocycles. The first-order valence-electron chi connectivity index (χ1n) is 11.5. The Hall–Kier alpha value is -4.28. The molecule has 4 aromatic rings. The first kappa shape index (κ1) is 25.8. The van der Waals surface area contributed by atoms with Gasteiger partial charge in [0.25, 0.3) is 5.91 Å². The van der Waals surface area contributed by atoms with E-state index in [1.807, 2.05) is 48.5 Å². The third-order valence-corrected chi connectivity index (χ3v) is 6.57. The molecule has 2 amide bonds. The van der Waals surface area contributed by atoms with Crippen molar-refractivity contribution in [2.24, 2.45) is 0 Å². The molecule has 2 aromatic carbocycles. The summed E-state index contributed by atoms with van der Waals surface area (Å²) in [6.07, 6.45) is 0.741. The van der Waals surface area contributed by atoms with Gasteiger partial charge >= 0.3 is 12.1 Å². The molecule has 37 heavy (non-hydrogen) atoms. The third kappa shape index (κ3) is 7.12. The van der Waals surface area contributed by atoms with E-state index in [9.17, 15) is 19.5 Å². The van der Waals surface area contributed by atoms with Crippen molar-refractivity contribution in [2.45, 2.75) is 25.9 Å². The van der Waals surface area contributed by atoms with E-state index in [1.54, 1.807) is 30.5 Å². The monoisotopic (exact) mass is 519 g/mol. The van der Waals surface area contributed by atoms with E-state index < -0.39 is 24.0 Å². The summed E-state index contributed by atoms with van der Waals surface area (Å²) in [7, 11) is 0. The van der Waals surface area contributed by atoms with Crippen molar-refractivity contribution in [3.05, 3.63) is 101 Å². The quantitative estimate of drug-likeness (QED) is 0.274. The molecule has 0 saturated carbocycles. The molecule has 2 aromatic heterocycles. The van der Waals surface area contributed by atoms with Crippen LogP contribution in [-0.2, 0) is 34.1 Å². The highest BCUT2D eigenvalue weighted by Gasteiger charge is 2.25. The topological polar surface area (TPSA) is 127 Å². The predicted octanol–water partition coefficient (Wildman–Crippen LogP) is 3.56. The average molecular weight is 520 g/mol. The van der Waals surface area contributed by atoms with E-state index in [1.165, 1.54) is 11.3 Å². The van der Waals surface area contributed by atoms with Crippen LogP contribution in [0, 0.1) is 0 Å². The zero-order chi connectivity index (χ0) is 26.0. The van der Waals surface area contributed by atoms with Gasteiger partial charge in [-0.05, 0) is 28.8 Å². The summed E-state index contributed by atoms with van der Waals surface area (Å²) in [5, 5.41) is 14.7. The van der Waals surface area contributed by atoms with Gasteiger partial charge in [-0.2, -0.15) is 0 Å². The van der Waals surface area contributed by atoms with Crippen LogP contribution in [0.5, 0.6) is 0 Å². The molecule has 0 aliphatic carbocycles. The number of pyridine rings is 1. The summed E-state index contributed by atoms with van der Waals surface area (Å²) in [6.45, 7) is -0.365. The minimum atomic E-state index is -1.18. The molecule has 0 spiro atoms. The lowest BCUT2D eigenvalue weighted by Gasteiger charge is -2.18. The van der Waals surface area contributed by atoms with Gasteiger partial charge in [-0.25, -0.2) is 9.59 Å². The molecule has 190 valence electrons. The van der Waals surface area contributed by atoms with Gasteiger partial charge in [0, 0.05) is 12.7 Å². The van der Waals surface area contributed by atoms with E-state index in [-0.39, 0.29) is 26.4 Å². The second-order valence-corrected chi connectivity index (χ2v) is 9.07. The van der Waals surface area contributed by atoms with Gasteiger partial charge in [-0.3, -0.25) is 9.78 Å². The number of ether oxygens (including phenoxy) is 2. The van der Waals surface area contributed by atoms with Gasteiger partial charge < -0.3 is 25.2 Å². The van der Waals surface area contributed by atoms with Crippen LogP contribution in [-0.4, -0.2) is 40.6 Å². The highest BCUT2D eigenvalue weighted by Crippen LogP contribution is 2.27. The molecule has 9 nitrogen and oxygen atoms in total. The van der Waals surface area contributed by atoms with Crippen LogP contribution in [0.15, 0.2) is 79.0 Å². The molecule has 10 heteroatoms. The van der Waals surface area contributed by atoms with Crippen LogP contribution in [0.2, 0.25) is 0 Å². The Morgan fingerprint density at radius 1 is 0.919 bits per heavy atom. The van der Waals surface area contributed by atoms with Crippen LogP contribution in [0.4, 0.5) is 4.79 Å². The van der Waals surface area contributed by atoms with Crippen molar-refractivity contribution < 1.29 is 29.0 Å². The van der Waals surface area contributed by atoms with Crippen molar-refractivity contribution >= 4 is 39.5 Å². The molecule has 0 aliphatic heterocycles. The van der Waals surface area contributed by atoms with Gasteiger partial charge in [-0.15, -0.1) is 11.3 Å². The number of benzene rings is 2. The van der Waals surface area contributed by atoms with E-state index in [2.05, 4.69) is 15.6 Å². The fraction of sp³-hybridized carbons (Fsp3) is 0.185. The first-order chi connectivity index (χ1) is 18.0. The van der Waals surface area contributed by atoms with Crippen LogP contribution >= 0.6 is 11.3 Å². The minimum absolute atomic E-state index is 0.0107. The maximum atomic E-state index is 12.8. The van der Waals surface area contributed by atoms with Crippen molar-refractivity contribution in [1.82, 2.24) is 15.6 Å². The van der Waals surface area contributed by atoms with Crippen LogP contribution in [0.1, 0.15) is 26.4 Å². The van der Waals surface area contributed by atoms with Crippen molar-refractivity contribution in [2.75, 3.05) is 6.54 Å². The van der Waals surface area contributed by atoms with Crippen molar-refractivity contribution in [3.63, 3.8) is 0 Å². The third-order valence-electron chi connectivity index (χ3n) is 5.37. The number of alkyl carbamates (subject to hydrolysis) is 1. The summed E-state index contributed by atoms with van der Waals surface area (Å²) in [4.78, 5) is 42.7. The number of rotatable bonds is 10. The second kappa shape index (κ2) is 12.6. The number of hydrogen-bond acceptors (Lipinski definition) is 8. The Morgan fingerprint density at radius 2 is 1.57 bits per heavy atom. The van der Waals surface area contributed by atoms with E-state index >= 15 is 0 Å². The summed E-state index contributed by atoms with van der Waals surface area (Å²) in [5.74, 6) is -1.17. The van der Waals surface area contributed by atoms with E-state index in [0.717, 1.165) is 11.1 Å². The number of aliphatic hydroxyl groups excluding tert-OH is 1. The lowest BCUT2D eigenvalue weighted by Crippen LogP contribution is -2.49. The lowest BCUT2D eigenvalue weighted by molar-refractivity contribution is -0.147. The number of thiophene rings is 1.